The first-order valence-corrected chi connectivity index (χ1v) is 11.0. The second-order valence-electron chi connectivity index (χ2n) is 8.10. The van der Waals surface area contributed by atoms with Gasteiger partial charge in [0.25, 0.3) is 0 Å². The maximum absolute atomic E-state index is 5.57. The van der Waals surface area contributed by atoms with Gasteiger partial charge >= 0.3 is 0 Å². The Balaban J connectivity index is 1.46. The lowest BCUT2D eigenvalue weighted by Gasteiger charge is -2.36. The number of likely N-dealkylation sites (N-methyl/N-ethyl adjacent to an activating group) is 1. The van der Waals surface area contributed by atoms with Crippen molar-refractivity contribution in [2.75, 3.05) is 26.3 Å². The lowest BCUT2D eigenvalue weighted by molar-refractivity contribution is 0.0834. The van der Waals surface area contributed by atoms with Crippen LogP contribution < -0.4 is 0 Å². The molecule has 1 aliphatic rings. The Morgan fingerprint density at radius 2 is 2.03 bits per heavy atom. The van der Waals surface area contributed by atoms with Gasteiger partial charge in [-0.25, -0.2) is 4.98 Å². The number of H-pyrrole nitrogens is 1. The molecule has 0 amide bonds. The molecular formula is C23H33N5O. The van der Waals surface area contributed by atoms with Crippen LogP contribution >= 0.6 is 0 Å². The first-order chi connectivity index (χ1) is 14.2. The van der Waals surface area contributed by atoms with Gasteiger partial charge in [0.1, 0.15) is 5.65 Å². The van der Waals surface area contributed by atoms with Gasteiger partial charge in [-0.1, -0.05) is 6.92 Å². The van der Waals surface area contributed by atoms with Crippen LogP contribution in [0.3, 0.4) is 0 Å². The SMILES string of the molecule is CCOCCN(CC)[C@H]1CC[C@H](c2cnc3[nH]cc(-c4cnn(C)c4)c3c2)CC1. The maximum atomic E-state index is 5.57. The third-order valence-electron chi connectivity index (χ3n) is 6.39. The molecule has 3 heterocycles. The standard InChI is InChI=1S/C23H33N5O/c1-4-28(10-11-29-5-2)20-8-6-17(7-9-20)18-12-21-22(15-25-23(21)24-13-18)19-14-26-27(3)16-19/h12-17,20H,4-11H2,1-3H3,(H,24,25)/t17-,20-. The molecule has 6 nitrogen and oxygen atoms in total. The molecule has 0 bridgehead atoms. The minimum absolute atomic E-state index is 0.602. The van der Waals surface area contributed by atoms with E-state index in [4.69, 9.17) is 9.72 Å². The molecule has 156 valence electrons. The third kappa shape index (κ3) is 4.38. The number of aromatic nitrogens is 4. The second kappa shape index (κ2) is 9.09. The average molecular weight is 396 g/mol. The molecule has 29 heavy (non-hydrogen) atoms. The molecule has 0 spiro atoms. The lowest BCUT2D eigenvalue weighted by atomic mass is 9.81. The fourth-order valence-corrected chi connectivity index (χ4v) is 4.74. The molecule has 3 aromatic heterocycles. The number of aromatic amines is 1. The first-order valence-electron chi connectivity index (χ1n) is 11.0. The van der Waals surface area contributed by atoms with Crippen LogP contribution in [0.1, 0.15) is 51.0 Å². The highest BCUT2D eigenvalue weighted by atomic mass is 16.5. The molecule has 1 N–H and O–H groups in total. The zero-order chi connectivity index (χ0) is 20.2. The Morgan fingerprint density at radius 1 is 1.21 bits per heavy atom. The summed E-state index contributed by atoms with van der Waals surface area (Å²) in [5.41, 5.74) is 4.64. The number of hydrogen-bond acceptors (Lipinski definition) is 4. The summed E-state index contributed by atoms with van der Waals surface area (Å²) in [7, 11) is 1.95. The summed E-state index contributed by atoms with van der Waals surface area (Å²) in [5.74, 6) is 0.602. The zero-order valence-electron chi connectivity index (χ0n) is 17.9. The Hall–Kier alpha value is -2.18. The summed E-state index contributed by atoms with van der Waals surface area (Å²) in [6, 6.07) is 3.03. The molecule has 0 aromatic carbocycles. The van der Waals surface area contributed by atoms with Crippen molar-refractivity contribution in [1.82, 2.24) is 24.6 Å². The number of ether oxygens (including phenoxy) is 1. The summed E-state index contributed by atoms with van der Waals surface area (Å²) in [4.78, 5) is 10.6. The monoisotopic (exact) mass is 395 g/mol. The van der Waals surface area contributed by atoms with Crippen molar-refractivity contribution in [3.05, 3.63) is 36.4 Å². The summed E-state index contributed by atoms with van der Waals surface area (Å²) in [6.07, 6.45) is 13.1. The van der Waals surface area contributed by atoms with Gasteiger partial charge in [-0.3, -0.25) is 9.58 Å². The first kappa shape index (κ1) is 20.1. The molecule has 1 fully saturated rings. The van der Waals surface area contributed by atoms with E-state index in [2.05, 4.69) is 47.3 Å². The second-order valence-corrected chi connectivity index (χ2v) is 8.10. The van der Waals surface area contributed by atoms with E-state index in [1.165, 1.54) is 42.2 Å². The highest BCUT2D eigenvalue weighted by Crippen LogP contribution is 2.37. The maximum Gasteiger partial charge on any atom is 0.137 e. The van der Waals surface area contributed by atoms with Gasteiger partial charge in [0, 0.05) is 61.3 Å². The molecule has 0 saturated heterocycles. The Bertz CT molecular complexity index is 922. The van der Waals surface area contributed by atoms with E-state index >= 15 is 0 Å². The van der Waals surface area contributed by atoms with Gasteiger partial charge in [0.05, 0.1) is 12.8 Å². The van der Waals surface area contributed by atoms with Gasteiger partial charge in [-0.2, -0.15) is 5.10 Å². The lowest BCUT2D eigenvalue weighted by Crippen LogP contribution is -2.39. The number of hydrogen-bond donors (Lipinski definition) is 1. The van der Waals surface area contributed by atoms with E-state index in [1.807, 2.05) is 24.1 Å². The van der Waals surface area contributed by atoms with Crippen molar-refractivity contribution in [1.29, 1.82) is 0 Å². The minimum Gasteiger partial charge on any atom is -0.380 e. The van der Waals surface area contributed by atoms with Gasteiger partial charge < -0.3 is 9.72 Å². The number of rotatable bonds is 8. The normalized spacial score (nSPS) is 20.0. The summed E-state index contributed by atoms with van der Waals surface area (Å²) in [6.45, 7) is 8.13. The van der Waals surface area contributed by atoms with Gasteiger partial charge in [0.15, 0.2) is 0 Å². The van der Waals surface area contributed by atoms with Crippen molar-refractivity contribution in [3.8, 4) is 11.1 Å². The van der Waals surface area contributed by atoms with E-state index in [-0.39, 0.29) is 0 Å². The van der Waals surface area contributed by atoms with Crippen LogP contribution in [0.4, 0.5) is 0 Å². The zero-order valence-corrected chi connectivity index (χ0v) is 17.9. The van der Waals surface area contributed by atoms with Gasteiger partial charge in [-0.05, 0) is 56.7 Å². The summed E-state index contributed by atoms with van der Waals surface area (Å²) in [5, 5.41) is 5.52. The van der Waals surface area contributed by atoms with Gasteiger partial charge in [0.2, 0.25) is 0 Å². The fourth-order valence-electron chi connectivity index (χ4n) is 4.74. The minimum atomic E-state index is 0.602. The summed E-state index contributed by atoms with van der Waals surface area (Å²) >= 11 is 0. The Labute approximate surface area is 173 Å². The average Bonchev–Trinajstić information content (AvgIpc) is 3.37. The molecule has 4 rings (SSSR count). The van der Waals surface area contributed by atoms with Gasteiger partial charge in [-0.15, -0.1) is 0 Å². The quantitative estimate of drug-likeness (QED) is 0.576. The van der Waals surface area contributed by atoms with Crippen LogP contribution in [-0.4, -0.2) is 57.0 Å². The van der Waals surface area contributed by atoms with Crippen LogP contribution in [0.2, 0.25) is 0 Å². The van der Waals surface area contributed by atoms with E-state index < -0.39 is 0 Å². The van der Waals surface area contributed by atoms with E-state index in [0.717, 1.165) is 37.5 Å². The molecule has 3 aromatic rings. The Morgan fingerprint density at radius 3 is 2.72 bits per heavy atom. The third-order valence-corrected chi connectivity index (χ3v) is 6.39. The van der Waals surface area contributed by atoms with Crippen LogP contribution in [0, 0.1) is 0 Å². The fraction of sp³-hybridized carbons (Fsp3) is 0.565. The molecule has 0 radical (unpaired) electrons. The van der Waals surface area contributed by atoms with Crippen LogP contribution in [0.15, 0.2) is 30.9 Å². The van der Waals surface area contributed by atoms with Crippen molar-refractivity contribution in [2.45, 2.75) is 51.5 Å². The molecule has 6 heteroatoms. The van der Waals surface area contributed by atoms with Crippen LogP contribution in [-0.2, 0) is 11.8 Å². The van der Waals surface area contributed by atoms with Crippen molar-refractivity contribution in [2.24, 2.45) is 7.05 Å². The smallest absolute Gasteiger partial charge is 0.137 e. The Kier molecular flexibility index (Phi) is 6.31. The molecule has 1 aliphatic carbocycles. The molecule has 1 saturated carbocycles. The largest absolute Gasteiger partial charge is 0.380 e. The number of aryl methyl sites for hydroxylation is 1. The predicted molar refractivity (Wildman–Crippen MR) is 117 cm³/mol. The topological polar surface area (TPSA) is 59.0 Å². The summed E-state index contributed by atoms with van der Waals surface area (Å²) < 4.78 is 7.42. The number of fused-ring (bicyclic) bond motifs is 1. The van der Waals surface area contributed by atoms with Crippen LogP contribution in [0.5, 0.6) is 0 Å². The van der Waals surface area contributed by atoms with Crippen molar-refractivity contribution < 1.29 is 4.74 Å². The van der Waals surface area contributed by atoms with Crippen molar-refractivity contribution >= 4 is 11.0 Å². The van der Waals surface area contributed by atoms with E-state index in [0.29, 0.717) is 12.0 Å². The molecule has 0 atom stereocenters. The highest BCUT2D eigenvalue weighted by Gasteiger charge is 2.26. The molecule has 0 unspecified atom stereocenters. The number of nitrogens with zero attached hydrogens (tertiary/aromatic N) is 4. The van der Waals surface area contributed by atoms with E-state index in [1.54, 1.807) is 0 Å². The molecular weight excluding hydrogens is 362 g/mol. The molecule has 0 aliphatic heterocycles. The van der Waals surface area contributed by atoms with Crippen molar-refractivity contribution in [3.63, 3.8) is 0 Å². The number of nitrogens with one attached hydrogen (secondary N) is 1. The number of pyridine rings is 1. The predicted octanol–water partition coefficient (Wildman–Crippen LogP) is 4.35. The van der Waals surface area contributed by atoms with Crippen LogP contribution in [0.25, 0.3) is 22.2 Å². The highest BCUT2D eigenvalue weighted by molar-refractivity contribution is 5.93. The van der Waals surface area contributed by atoms with E-state index in [9.17, 15) is 0 Å².